The number of phosphoric acid groups is 1. The third-order valence-corrected chi connectivity index (χ3v) is 11.1. The summed E-state index contributed by atoms with van der Waals surface area (Å²) in [5.74, 6) is -0.192. The first-order chi connectivity index (χ1) is 29.5. The summed E-state index contributed by atoms with van der Waals surface area (Å²) in [5, 5.41) is 13.9. The quantitative estimate of drug-likeness (QED) is 0.0244. The van der Waals surface area contributed by atoms with Gasteiger partial charge in [-0.2, -0.15) is 0 Å². The van der Waals surface area contributed by atoms with Crippen LogP contribution in [0.25, 0.3) is 0 Å². The highest BCUT2D eigenvalue weighted by Crippen LogP contribution is 2.43. The molecule has 0 aromatic carbocycles. The van der Waals surface area contributed by atoms with E-state index in [1.807, 2.05) is 21.1 Å². The number of rotatable bonds is 42. The molecular formula is C52H92N2O6P+. The van der Waals surface area contributed by atoms with Gasteiger partial charge in [0, 0.05) is 6.42 Å². The van der Waals surface area contributed by atoms with Crippen molar-refractivity contribution < 1.29 is 32.9 Å². The van der Waals surface area contributed by atoms with Crippen LogP contribution in [0.2, 0.25) is 0 Å². The zero-order valence-electron chi connectivity index (χ0n) is 39.6. The molecule has 0 aromatic rings. The zero-order valence-corrected chi connectivity index (χ0v) is 40.5. The number of carbonyl (C=O) groups is 1. The summed E-state index contributed by atoms with van der Waals surface area (Å²) in [5.41, 5.74) is 0. The van der Waals surface area contributed by atoms with Crippen LogP contribution in [0, 0.1) is 0 Å². The van der Waals surface area contributed by atoms with Gasteiger partial charge in [0.1, 0.15) is 13.2 Å². The fraction of sp³-hybridized carbons (Fsp3) is 0.673. The Balaban J connectivity index is 4.38. The number of carbonyl (C=O) groups excluding carboxylic acids is 1. The number of nitrogens with one attached hydrogen (secondary N) is 1. The van der Waals surface area contributed by atoms with Crippen molar-refractivity contribution in [2.24, 2.45) is 0 Å². The van der Waals surface area contributed by atoms with Crippen molar-refractivity contribution in [3.63, 3.8) is 0 Å². The van der Waals surface area contributed by atoms with Gasteiger partial charge in [-0.1, -0.05) is 188 Å². The molecule has 0 spiro atoms. The van der Waals surface area contributed by atoms with Crippen molar-refractivity contribution in [1.82, 2.24) is 5.32 Å². The van der Waals surface area contributed by atoms with Crippen LogP contribution in [0.3, 0.4) is 0 Å². The Morgan fingerprint density at radius 1 is 0.574 bits per heavy atom. The van der Waals surface area contributed by atoms with Gasteiger partial charge in [-0.25, -0.2) is 4.57 Å². The molecule has 61 heavy (non-hydrogen) atoms. The van der Waals surface area contributed by atoms with Crippen molar-refractivity contribution in [3.05, 3.63) is 97.2 Å². The lowest BCUT2D eigenvalue weighted by atomic mass is 10.0. The Morgan fingerprint density at radius 3 is 1.41 bits per heavy atom. The average Bonchev–Trinajstić information content (AvgIpc) is 3.21. The second-order valence-corrected chi connectivity index (χ2v) is 18.6. The molecule has 0 saturated heterocycles. The molecule has 0 aromatic heterocycles. The van der Waals surface area contributed by atoms with E-state index in [-0.39, 0.29) is 19.1 Å². The molecule has 1 amide bonds. The van der Waals surface area contributed by atoms with Gasteiger partial charge in [-0.15, -0.1) is 0 Å². The van der Waals surface area contributed by atoms with Crippen LogP contribution in [0.1, 0.15) is 174 Å². The van der Waals surface area contributed by atoms with Crippen molar-refractivity contribution in [2.75, 3.05) is 40.9 Å². The number of hydrogen-bond acceptors (Lipinski definition) is 5. The second kappa shape index (κ2) is 42.7. The van der Waals surface area contributed by atoms with E-state index >= 15 is 0 Å². The van der Waals surface area contributed by atoms with E-state index in [9.17, 15) is 19.4 Å². The second-order valence-electron chi connectivity index (χ2n) is 17.1. The van der Waals surface area contributed by atoms with Gasteiger partial charge < -0.3 is 19.8 Å². The van der Waals surface area contributed by atoms with Crippen LogP contribution in [0.15, 0.2) is 97.2 Å². The van der Waals surface area contributed by atoms with Crippen molar-refractivity contribution in [1.29, 1.82) is 0 Å². The summed E-state index contributed by atoms with van der Waals surface area (Å²) in [4.78, 5) is 23.2. The normalized spacial score (nSPS) is 15.1. The maximum atomic E-state index is 12.9. The predicted molar refractivity (Wildman–Crippen MR) is 262 cm³/mol. The van der Waals surface area contributed by atoms with Gasteiger partial charge in [0.15, 0.2) is 0 Å². The zero-order chi connectivity index (χ0) is 45.0. The van der Waals surface area contributed by atoms with Gasteiger partial charge >= 0.3 is 7.82 Å². The van der Waals surface area contributed by atoms with Crippen molar-refractivity contribution >= 4 is 13.7 Å². The van der Waals surface area contributed by atoms with Gasteiger partial charge in [0.2, 0.25) is 5.91 Å². The summed E-state index contributed by atoms with van der Waals surface area (Å²) in [6.45, 7) is 4.71. The average molecular weight is 872 g/mol. The van der Waals surface area contributed by atoms with E-state index in [4.69, 9.17) is 9.05 Å². The Morgan fingerprint density at radius 2 is 0.984 bits per heavy atom. The fourth-order valence-corrected chi connectivity index (χ4v) is 7.03. The molecule has 0 fully saturated rings. The molecular weight excluding hydrogens is 780 g/mol. The van der Waals surface area contributed by atoms with E-state index in [2.05, 4.69) is 116 Å². The molecule has 8 nitrogen and oxygen atoms in total. The Hall–Kier alpha value is -2.58. The monoisotopic (exact) mass is 872 g/mol. The summed E-state index contributed by atoms with van der Waals surface area (Å²) in [6, 6.07) is -0.790. The van der Waals surface area contributed by atoms with E-state index in [0.29, 0.717) is 30.3 Å². The molecule has 3 unspecified atom stereocenters. The number of allylic oxidation sites excluding steroid dienone is 16. The maximum Gasteiger partial charge on any atom is 0.472 e. The molecule has 0 radical (unpaired) electrons. The smallest absolute Gasteiger partial charge is 0.391 e. The number of aliphatic hydroxyl groups is 1. The first kappa shape index (κ1) is 58.4. The highest BCUT2D eigenvalue weighted by Gasteiger charge is 2.28. The highest BCUT2D eigenvalue weighted by atomic mass is 31.2. The minimum atomic E-state index is -4.33. The van der Waals surface area contributed by atoms with E-state index in [1.165, 1.54) is 57.8 Å². The van der Waals surface area contributed by atoms with Crippen LogP contribution in [-0.2, 0) is 18.4 Å². The van der Waals surface area contributed by atoms with Crippen LogP contribution in [0.5, 0.6) is 0 Å². The highest BCUT2D eigenvalue weighted by molar-refractivity contribution is 7.47. The number of hydrogen-bond donors (Lipinski definition) is 3. The molecule has 0 saturated carbocycles. The third kappa shape index (κ3) is 45.3. The molecule has 3 atom stereocenters. The number of nitrogens with zero attached hydrogens (tertiary/aromatic N) is 1. The SMILES string of the molecule is CC/C=C\C/C=C\C/C=C\C/C=C\C/C=C\C/C=C\C/C=C\C/C=C\CCCCC(=O)NC(COP(=O)(O)OCC[N+](C)(C)C)C(O)CCCCCCCCCCCCCC. The molecule has 0 aliphatic heterocycles. The minimum absolute atomic E-state index is 0.0603. The largest absolute Gasteiger partial charge is 0.472 e. The Kier molecular flexibility index (Phi) is 40.9. The number of phosphoric ester groups is 1. The van der Waals surface area contributed by atoms with E-state index in [1.54, 1.807) is 0 Å². The van der Waals surface area contributed by atoms with Crippen molar-refractivity contribution in [3.8, 4) is 0 Å². The number of aliphatic hydroxyl groups excluding tert-OH is 1. The first-order valence-electron chi connectivity index (χ1n) is 24.1. The standard InChI is InChI=1S/C52H91N2O6P/c1-6-8-10-12-14-16-18-20-21-22-23-24-25-26-27-28-29-30-31-32-33-34-36-38-40-42-44-46-52(56)53-50(49-60-61(57,58)59-48-47-54(3,4)5)51(55)45-43-41-39-37-35-19-17-15-13-11-9-7-2/h8,10,14,16,20-21,23-24,26-27,29-30,32-33,36,38,50-51,55H,6-7,9,11-13,15,17-19,22,25,28,31,34-35,37,39-49H2,1-5H3,(H-,53,56,57,58)/p+1/b10-8-,16-14-,21-20-,24-23-,27-26-,30-29-,33-32-,38-36-. The summed E-state index contributed by atoms with van der Waals surface area (Å²) in [7, 11) is 1.57. The van der Waals surface area contributed by atoms with Gasteiger partial charge in [0.25, 0.3) is 0 Å². The van der Waals surface area contributed by atoms with Crippen molar-refractivity contribution in [2.45, 2.75) is 187 Å². The lowest BCUT2D eigenvalue weighted by molar-refractivity contribution is -0.870. The van der Waals surface area contributed by atoms with E-state index < -0.39 is 20.0 Å². The Bertz CT molecular complexity index is 1310. The summed E-state index contributed by atoms with van der Waals surface area (Å²) >= 11 is 0. The molecule has 0 heterocycles. The number of unbranched alkanes of at least 4 members (excludes halogenated alkanes) is 13. The topological polar surface area (TPSA) is 105 Å². The minimum Gasteiger partial charge on any atom is -0.391 e. The van der Waals surface area contributed by atoms with Crippen LogP contribution in [-0.4, -0.2) is 73.4 Å². The predicted octanol–water partition coefficient (Wildman–Crippen LogP) is 13.9. The number of quaternary nitrogens is 1. The lowest BCUT2D eigenvalue weighted by Crippen LogP contribution is -2.46. The van der Waals surface area contributed by atoms with Gasteiger partial charge in [-0.3, -0.25) is 13.8 Å². The Labute approximate surface area is 375 Å². The van der Waals surface area contributed by atoms with Crippen LogP contribution < -0.4 is 5.32 Å². The maximum absolute atomic E-state index is 12.9. The molecule has 3 N–H and O–H groups in total. The molecule has 0 aliphatic carbocycles. The first-order valence-corrected chi connectivity index (χ1v) is 25.6. The molecule has 9 heteroatoms. The van der Waals surface area contributed by atoms with Gasteiger partial charge in [-0.05, 0) is 77.0 Å². The van der Waals surface area contributed by atoms with Crippen LogP contribution in [0.4, 0.5) is 0 Å². The molecule has 350 valence electrons. The third-order valence-electron chi connectivity index (χ3n) is 10.1. The van der Waals surface area contributed by atoms with Crippen LogP contribution >= 0.6 is 7.82 Å². The molecule has 0 aliphatic rings. The van der Waals surface area contributed by atoms with Gasteiger partial charge in [0.05, 0.1) is 39.9 Å². The van der Waals surface area contributed by atoms with E-state index in [0.717, 1.165) is 83.5 Å². The fourth-order valence-electron chi connectivity index (χ4n) is 6.29. The summed E-state index contributed by atoms with van der Waals surface area (Å²) < 4.78 is 23.6. The molecule has 0 rings (SSSR count). The summed E-state index contributed by atoms with van der Waals surface area (Å²) in [6.07, 6.45) is 60.2. The lowest BCUT2D eigenvalue weighted by Gasteiger charge is -2.26. The molecule has 0 bridgehead atoms. The number of amides is 1. The number of likely N-dealkylation sites (N-methyl/N-ethyl adjacent to an activating group) is 1.